The Labute approximate surface area is 207 Å². The van der Waals surface area contributed by atoms with E-state index in [2.05, 4.69) is 34.6 Å². The molecule has 0 saturated heterocycles. The van der Waals surface area contributed by atoms with E-state index < -0.39 is 17.0 Å². The summed E-state index contributed by atoms with van der Waals surface area (Å²) in [4.78, 5) is 12.8. The lowest BCUT2D eigenvalue weighted by Crippen LogP contribution is -2.67. The Kier molecular flexibility index (Phi) is 5.34. The first-order valence-corrected chi connectivity index (χ1v) is 14.2. The number of rotatable bonds is 2. The summed E-state index contributed by atoms with van der Waals surface area (Å²) in [5.74, 6) is 1.03. The first kappa shape index (κ1) is 25.1. The fourth-order valence-corrected chi connectivity index (χ4v) is 11.7. The van der Waals surface area contributed by atoms with E-state index in [1.807, 2.05) is 13.8 Å². The van der Waals surface area contributed by atoms with Crippen molar-refractivity contribution in [1.82, 2.24) is 0 Å². The van der Waals surface area contributed by atoms with Crippen molar-refractivity contribution in [2.24, 2.45) is 56.7 Å². The van der Waals surface area contributed by atoms with Gasteiger partial charge in [-0.1, -0.05) is 34.6 Å². The molecule has 0 aliphatic heterocycles. The molecule has 5 aliphatic rings. The summed E-state index contributed by atoms with van der Waals surface area (Å²) in [6, 6.07) is 0. The van der Waals surface area contributed by atoms with Crippen molar-refractivity contribution >= 4 is 5.97 Å². The van der Waals surface area contributed by atoms with Gasteiger partial charge in [0.25, 0.3) is 0 Å². The molecule has 34 heavy (non-hydrogen) atoms. The highest BCUT2D eigenvalue weighted by Gasteiger charge is 2.72. The number of aliphatic hydroxyl groups is 2. The minimum absolute atomic E-state index is 0.0471. The van der Waals surface area contributed by atoms with E-state index in [1.165, 1.54) is 19.3 Å². The van der Waals surface area contributed by atoms with Gasteiger partial charge in [0.2, 0.25) is 0 Å². The van der Waals surface area contributed by atoms with Gasteiger partial charge in [-0.25, -0.2) is 0 Å². The van der Waals surface area contributed by atoms with Gasteiger partial charge in [0.05, 0.1) is 17.1 Å². The second kappa shape index (κ2) is 7.24. The summed E-state index contributed by atoms with van der Waals surface area (Å²) in [7, 11) is 0. The van der Waals surface area contributed by atoms with Crippen LogP contribution in [0.15, 0.2) is 0 Å². The van der Waals surface area contributed by atoms with Crippen LogP contribution in [0.1, 0.15) is 113 Å². The number of aliphatic hydroxyl groups excluding tert-OH is 1. The van der Waals surface area contributed by atoms with Crippen LogP contribution in [0, 0.1) is 56.7 Å². The summed E-state index contributed by atoms with van der Waals surface area (Å²) in [6.45, 7) is 16.0. The number of carboxylic acid groups (broad SMARTS) is 1. The summed E-state index contributed by atoms with van der Waals surface area (Å²) in [6.07, 6.45) is 9.72. The maximum absolute atomic E-state index is 12.8. The third kappa shape index (κ3) is 2.88. The van der Waals surface area contributed by atoms with Crippen LogP contribution >= 0.6 is 0 Å². The molecule has 0 bridgehead atoms. The van der Waals surface area contributed by atoms with Gasteiger partial charge in [0, 0.05) is 0 Å². The molecule has 0 amide bonds. The average molecular weight is 475 g/mol. The van der Waals surface area contributed by atoms with E-state index in [0.717, 1.165) is 44.9 Å². The van der Waals surface area contributed by atoms with Gasteiger partial charge < -0.3 is 15.3 Å². The molecular weight excluding hydrogens is 424 g/mol. The predicted octanol–water partition coefficient (Wildman–Crippen LogP) is 6.28. The van der Waals surface area contributed by atoms with Gasteiger partial charge in [-0.3, -0.25) is 4.79 Å². The summed E-state index contributed by atoms with van der Waals surface area (Å²) in [5, 5.41) is 32.6. The number of carbonyl (C=O) groups is 1. The third-order valence-corrected chi connectivity index (χ3v) is 13.7. The van der Waals surface area contributed by atoms with Gasteiger partial charge >= 0.3 is 5.97 Å². The molecule has 4 heteroatoms. The smallest absolute Gasteiger partial charge is 0.309 e. The molecule has 5 fully saturated rings. The third-order valence-electron chi connectivity index (χ3n) is 13.7. The monoisotopic (exact) mass is 474 g/mol. The van der Waals surface area contributed by atoms with E-state index in [0.29, 0.717) is 17.8 Å². The average Bonchev–Trinajstić information content (AvgIpc) is 3.13. The van der Waals surface area contributed by atoms with Gasteiger partial charge in [-0.15, -0.1) is 0 Å². The fourth-order valence-electron chi connectivity index (χ4n) is 11.7. The molecule has 0 heterocycles. The summed E-state index contributed by atoms with van der Waals surface area (Å²) < 4.78 is 0. The van der Waals surface area contributed by atoms with Gasteiger partial charge in [-0.2, -0.15) is 0 Å². The molecule has 10 atom stereocenters. The highest BCUT2D eigenvalue weighted by atomic mass is 16.4. The fraction of sp³-hybridized carbons (Fsp3) is 0.967. The molecule has 0 unspecified atom stereocenters. The van der Waals surface area contributed by atoms with Crippen molar-refractivity contribution in [3.8, 4) is 0 Å². The van der Waals surface area contributed by atoms with Gasteiger partial charge in [0.1, 0.15) is 0 Å². The highest BCUT2D eigenvalue weighted by Crippen LogP contribution is 2.77. The molecule has 5 saturated carbocycles. The summed E-state index contributed by atoms with van der Waals surface area (Å²) >= 11 is 0. The Hall–Kier alpha value is -0.610. The van der Waals surface area contributed by atoms with E-state index in [1.54, 1.807) is 0 Å². The Morgan fingerprint density at radius 1 is 0.794 bits per heavy atom. The molecule has 3 N–H and O–H groups in total. The van der Waals surface area contributed by atoms with Gasteiger partial charge in [0.15, 0.2) is 0 Å². The van der Waals surface area contributed by atoms with E-state index in [4.69, 9.17) is 0 Å². The zero-order valence-corrected chi connectivity index (χ0v) is 22.8. The normalized spacial score (nSPS) is 54.4. The number of aliphatic carboxylic acids is 1. The second-order valence-electron chi connectivity index (χ2n) is 15.3. The molecule has 4 nitrogen and oxygen atoms in total. The molecular formula is C30H50O4. The van der Waals surface area contributed by atoms with Crippen LogP contribution in [-0.4, -0.2) is 33.0 Å². The zero-order chi connectivity index (χ0) is 25.1. The zero-order valence-electron chi connectivity index (χ0n) is 22.8. The SMILES string of the molecule is CC(C)(O)[C@@H]1CC[C@]2(C(=O)O)CC[C@]3(C)[C@H](CC[C@@H]4[C@@]5(C)CC[C@H](O)C(C)(C)[C@@H]5CC[C@]43C)[C@@H]12. The lowest BCUT2D eigenvalue weighted by atomic mass is 9.32. The minimum atomic E-state index is -0.842. The molecule has 0 aromatic heterocycles. The van der Waals surface area contributed by atoms with Crippen LogP contribution in [0.3, 0.4) is 0 Å². The standard InChI is InChI=1S/C30H50O4/c1-25(2)20-11-14-29(7)21(27(20,5)13-12-22(25)31)9-8-19-23-18(26(3,4)34)10-15-30(23,24(32)33)17-16-28(19,29)6/h18-23,31,34H,8-17H2,1-7H3,(H,32,33)/t18-,19-,20+,21-,22+,23-,27+,28-,29-,30+/m1/s1. The minimum Gasteiger partial charge on any atom is -0.481 e. The summed E-state index contributed by atoms with van der Waals surface area (Å²) in [5.41, 5.74) is -1.04. The van der Waals surface area contributed by atoms with Crippen LogP contribution in [0.25, 0.3) is 0 Å². The Bertz CT molecular complexity index is 858. The molecule has 5 aliphatic carbocycles. The number of hydrogen-bond acceptors (Lipinski definition) is 3. The Morgan fingerprint density at radius 3 is 2.09 bits per heavy atom. The van der Waals surface area contributed by atoms with E-state index in [9.17, 15) is 20.1 Å². The Morgan fingerprint density at radius 2 is 1.47 bits per heavy atom. The van der Waals surface area contributed by atoms with E-state index >= 15 is 0 Å². The predicted molar refractivity (Wildman–Crippen MR) is 134 cm³/mol. The van der Waals surface area contributed by atoms with Crippen molar-refractivity contribution in [2.75, 3.05) is 0 Å². The van der Waals surface area contributed by atoms with Crippen LogP contribution in [-0.2, 0) is 4.79 Å². The lowest BCUT2D eigenvalue weighted by Gasteiger charge is -2.72. The van der Waals surface area contributed by atoms with Crippen LogP contribution < -0.4 is 0 Å². The lowest BCUT2D eigenvalue weighted by molar-refractivity contribution is -0.252. The second-order valence-corrected chi connectivity index (χ2v) is 15.3. The van der Waals surface area contributed by atoms with Crippen molar-refractivity contribution in [3.05, 3.63) is 0 Å². The molecule has 0 aromatic carbocycles. The highest BCUT2D eigenvalue weighted by molar-refractivity contribution is 5.76. The Balaban J connectivity index is 1.57. The number of fused-ring (bicyclic) bond motifs is 7. The van der Waals surface area contributed by atoms with E-state index in [-0.39, 0.29) is 39.6 Å². The first-order chi connectivity index (χ1) is 15.6. The van der Waals surface area contributed by atoms with Crippen LogP contribution in [0.4, 0.5) is 0 Å². The maximum atomic E-state index is 12.8. The van der Waals surface area contributed by atoms with Gasteiger partial charge in [-0.05, 0) is 129 Å². The molecule has 0 spiro atoms. The van der Waals surface area contributed by atoms with Crippen molar-refractivity contribution in [1.29, 1.82) is 0 Å². The molecule has 5 rings (SSSR count). The largest absolute Gasteiger partial charge is 0.481 e. The molecule has 194 valence electrons. The van der Waals surface area contributed by atoms with Crippen LogP contribution in [0.5, 0.6) is 0 Å². The molecule has 0 aromatic rings. The van der Waals surface area contributed by atoms with Crippen molar-refractivity contribution in [2.45, 2.75) is 124 Å². The topological polar surface area (TPSA) is 77.8 Å². The first-order valence-electron chi connectivity index (χ1n) is 14.2. The number of hydrogen-bond donors (Lipinski definition) is 3. The van der Waals surface area contributed by atoms with Crippen LogP contribution in [0.2, 0.25) is 0 Å². The molecule has 0 radical (unpaired) electrons. The maximum Gasteiger partial charge on any atom is 0.309 e. The quantitative estimate of drug-likeness (QED) is 0.440. The van der Waals surface area contributed by atoms with Crippen molar-refractivity contribution < 1.29 is 20.1 Å². The van der Waals surface area contributed by atoms with Crippen molar-refractivity contribution in [3.63, 3.8) is 0 Å². The number of carboxylic acids is 1.